The molecule has 4 nitrogen and oxygen atoms in total. The summed E-state index contributed by atoms with van der Waals surface area (Å²) in [5.74, 6) is -0.0800. The van der Waals surface area contributed by atoms with Gasteiger partial charge in [0.2, 0.25) is 5.91 Å². The Labute approximate surface area is 371 Å². The van der Waals surface area contributed by atoms with Crippen molar-refractivity contribution in [2.45, 2.75) is 206 Å². The van der Waals surface area contributed by atoms with Crippen LogP contribution in [0.15, 0.2) is 134 Å². The standard InChI is InChI=1S/C56H91NO3/c1-3-5-7-9-11-12-13-14-15-16-17-18-19-20-21-22-23-24-25-26-27-28-29-30-31-32-33-34-35-36-37-38-39-40-41-42-43-44-46-48-50-52-56(60)57-54(53-58)55(59)51-49-47-45-10-8-6-4-2/h5,7,11-12,14-15,17-18,20-21,23-24,26-27,29-30,32-33,35-36,49,51,54-55,58-59H,3-4,6,8-10,13,16,19,22,25,28,31,34,37-48,50,52-53H2,1-2H3,(H,57,60)/b7-5-,12-11-,15-14-,18-17-,21-20-,24-23-,27-26-,30-29-,33-32-,36-35-,51-49+. The second kappa shape index (κ2) is 49.9. The molecule has 0 radical (unpaired) electrons. The molecule has 0 aromatic heterocycles. The van der Waals surface area contributed by atoms with Crippen molar-refractivity contribution in [3.8, 4) is 0 Å². The van der Waals surface area contributed by atoms with Gasteiger partial charge in [-0.25, -0.2) is 0 Å². The van der Waals surface area contributed by atoms with E-state index in [1.807, 2.05) is 6.08 Å². The van der Waals surface area contributed by atoms with E-state index in [9.17, 15) is 15.0 Å². The van der Waals surface area contributed by atoms with Gasteiger partial charge in [-0.2, -0.15) is 0 Å². The van der Waals surface area contributed by atoms with Gasteiger partial charge in [0.05, 0.1) is 18.8 Å². The minimum atomic E-state index is -0.845. The molecule has 4 heteroatoms. The van der Waals surface area contributed by atoms with E-state index in [0.717, 1.165) is 89.9 Å². The van der Waals surface area contributed by atoms with Crippen LogP contribution in [-0.2, 0) is 4.79 Å². The Morgan fingerprint density at radius 2 is 0.733 bits per heavy atom. The van der Waals surface area contributed by atoms with E-state index in [0.29, 0.717) is 6.42 Å². The third-order valence-electron chi connectivity index (χ3n) is 10.1. The SMILES string of the molecule is CC/C=C\C/C=C\C/C=C\C/C=C\C/C=C\C/C=C\C/C=C\C/C=C\C/C=C\C/C=C\CCCCCCCCCCCCC(=O)NC(CO)C(O)/C=C/CCCCCCC. The van der Waals surface area contributed by atoms with Crippen LogP contribution in [0.5, 0.6) is 0 Å². The van der Waals surface area contributed by atoms with Crippen LogP contribution < -0.4 is 5.32 Å². The lowest BCUT2D eigenvalue weighted by Crippen LogP contribution is -2.45. The summed E-state index contributed by atoms with van der Waals surface area (Å²) in [5.41, 5.74) is 0. The van der Waals surface area contributed by atoms with Gasteiger partial charge in [0.25, 0.3) is 0 Å². The van der Waals surface area contributed by atoms with E-state index < -0.39 is 12.1 Å². The molecule has 1 amide bonds. The molecule has 0 heterocycles. The van der Waals surface area contributed by atoms with Crippen molar-refractivity contribution in [3.05, 3.63) is 134 Å². The number of aliphatic hydroxyl groups is 2. The first-order valence-electron chi connectivity index (χ1n) is 24.4. The van der Waals surface area contributed by atoms with Crippen molar-refractivity contribution < 1.29 is 15.0 Å². The normalized spacial score (nSPS) is 14.1. The minimum absolute atomic E-state index is 0.0800. The number of rotatable bonds is 42. The fourth-order valence-electron chi connectivity index (χ4n) is 6.44. The van der Waals surface area contributed by atoms with E-state index in [-0.39, 0.29) is 12.5 Å². The third-order valence-corrected chi connectivity index (χ3v) is 10.1. The number of amides is 1. The zero-order valence-electron chi connectivity index (χ0n) is 38.7. The van der Waals surface area contributed by atoms with Gasteiger partial charge in [0.1, 0.15) is 0 Å². The zero-order chi connectivity index (χ0) is 43.5. The highest BCUT2D eigenvalue weighted by atomic mass is 16.3. The maximum atomic E-state index is 12.3. The molecule has 0 aromatic rings. The van der Waals surface area contributed by atoms with Crippen molar-refractivity contribution >= 4 is 5.91 Å². The predicted molar refractivity (Wildman–Crippen MR) is 266 cm³/mol. The van der Waals surface area contributed by atoms with Gasteiger partial charge < -0.3 is 15.5 Å². The number of hydrogen-bond donors (Lipinski definition) is 3. The number of nitrogens with one attached hydrogen (secondary N) is 1. The highest BCUT2D eigenvalue weighted by Crippen LogP contribution is 2.13. The van der Waals surface area contributed by atoms with Gasteiger partial charge in [-0.3, -0.25) is 4.79 Å². The lowest BCUT2D eigenvalue weighted by Gasteiger charge is -2.20. The molecule has 0 fully saturated rings. The molecule has 3 N–H and O–H groups in total. The van der Waals surface area contributed by atoms with Crippen LogP contribution in [0.1, 0.15) is 194 Å². The second-order valence-electron chi connectivity index (χ2n) is 15.8. The number of carbonyl (C=O) groups excluding carboxylic acids is 1. The van der Waals surface area contributed by atoms with Gasteiger partial charge in [0.15, 0.2) is 0 Å². The summed E-state index contributed by atoms with van der Waals surface area (Å²) in [7, 11) is 0. The molecule has 0 saturated carbocycles. The summed E-state index contributed by atoms with van der Waals surface area (Å²) in [6.07, 6.45) is 78.8. The molecular weight excluding hydrogens is 735 g/mol. The first-order chi connectivity index (χ1) is 29.7. The number of unbranched alkanes of at least 4 members (excludes halogenated alkanes) is 15. The third kappa shape index (κ3) is 45.6. The Balaban J connectivity index is 3.60. The highest BCUT2D eigenvalue weighted by Gasteiger charge is 2.17. The van der Waals surface area contributed by atoms with E-state index in [1.54, 1.807) is 6.08 Å². The van der Waals surface area contributed by atoms with Gasteiger partial charge >= 0.3 is 0 Å². The van der Waals surface area contributed by atoms with Crippen LogP contribution in [0, 0.1) is 0 Å². The van der Waals surface area contributed by atoms with E-state index >= 15 is 0 Å². The lowest BCUT2D eigenvalue weighted by atomic mass is 10.0. The summed E-state index contributed by atoms with van der Waals surface area (Å²) in [6.45, 7) is 4.12. The van der Waals surface area contributed by atoms with E-state index in [1.165, 1.54) is 83.5 Å². The van der Waals surface area contributed by atoms with E-state index in [2.05, 4.69) is 141 Å². The van der Waals surface area contributed by atoms with Gasteiger partial charge in [-0.15, -0.1) is 0 Å². The molecule has 0 aliphatic rings. The molecule has 60 heavy (non-hydrogen) atoms. The number of hydrogen-bond acceptors (Lipinski definition) is 3. The summed E-state index contributed by atoms with van der Waals surface area (Å²) in [6, 6.07) is -0.629. The largest absolute Gasteiger partial charge is 0.394 e. The second-order valence-corrected chi connectivity index (χ2v) is 15.8. The van der Waals surface area contributed by atoms with Gasteiger partial charge in [0, 0.05) is 6.42 Å². The Morgan fingerprint density at radius 1 is 0.417 bits per heavy atom. The van der Waals surface area contributed by atoms with Crippen LogP contribution in [0.25, 0.3) is 0 Å². The Kier molecular flexibility index (Phi) is 47.0. The molecular formula is C56H91NO3. The summed E-state index contributed by atoms with van der Waals surface area (Å²) < 4.78 is 0. The summed E-state index contributed by atoms with van der Waals surface area (Å²) >= 11 is 0. The average Bonchev–Trinajstić information content (AvgIpc) is 3.25. The molecule has 0 aliphatic carbocycles. The topological polar surface area (TPSA) is 69.6 Å². The highest BCUT2D eigenvalue weighted by molar-refractivity contribution is 5.76. The Morgan fingerprint density at radius 3 is 1.10 bits per heavy atom. The lowest BCUT2D eigenvalue weighted by molar-refractivity contribution is -0.123. The van der Waals surface area contributed by atoms with Crippen LogP contribution in [-0.4, -0.2) is 34.9 Å². The maximum absolute atomic E-state index is 12.3. The molecule has 2 atom stereocenters. The zero-order valence-corrected chi connectivity index (χ0v) is 38.7. The summed E-state index contributed by atoms with van der Waals surface area (Å²) in [4.78, 5) is 12.3. The monoisotopic (exact) mass is 826 g/mol. The van der Waals surface area contributed by atoms with Gasteiger partial charge in [-0.05, 0) is 96.3 Å². The smallest absolute Gasteiger partial charge is 0.220 e. The molecule has 2 unspecified atom stereocenters. The first kappa shape index (κ1) is 56.5. The molecule has 0 aliphatic heterocycles. The fourth-order valence-corrected chi connectivity index (χ4v) is 6.44. The van der Waals surface area contributed by atoms with Crippen molar-refractivity contribution in [2.24, 2.45) is 0 Å². The van der Waals surface area contributed by atoms with E-state index in [4.69, 9.17) is 0 Å². The van der Waals surface area contributed by atoms with Crippen molar-refractivity contribution in [2.75, 3.05) is 6.61 Å². The van der Waals surface area contributed by atoms with Crippen molar-refractivity contribution in [1.82, 2.24) is 5.32 Å². The van der Waals surface area contributed by atoms with Crippen LogP contribution >= 0.6 is 0 Å². The van der Waals surface area contributed by atoms with Crippen molar-refractivity contribution in [3.63, 3.8) is 0 Å². The molecule has 0 saturated heterocycles. The summed E-state index contributed by atoms with van der Waals surface area (Å²) in [5, 5.41) is 22.8. The maximum Gasteiger partial charge on any atom is 0.220 e. The molecule has 0 aromatic carbocycles. The molecule has 0 bridgehead atoms. The van der Waals surface area contributed by atoms with Crippen LogP contribution in [0.3, 0.4) is 0 Å². The number of allylic oxidation sites excluding steroid dienone is 21. The Hall–Kier alpha value is -3.47. The van der Waals surface area contributed by atoms with Crippen LogP contribution in [0.2, 0.25) is 0 Å². The number of carbonyl (C=O) groups is 1. The molecule has 338 valence electrons. The fraction of sp³-hybridized carbons (Fsp3) is 0.589. The predicted octanol–water partition coefficient (Wildman–Crippen LogP) is 15.9. The molecule has 0 spiro atoms. The Bertz CT molecular complexity index is 1260. The molecule has 0 rings (SSSR count). The average molecular weight is 826 g/mol. The van der Waals surface area contributed by atoms with Crippen molar-refractivity contribution in [1.29, 1.82) is 0 Å². The minimum Gasteiger partial charge on any atom is -0.394 e. The van der Waals surface area contributed by atoms with Gasteiger partial charge in [-0.1, -0.05) is 225 Å². The quantitative estimate of drug-likeness (QED) is 0.0424. The van der Waals surface area contributed by atoms with Crippen LogP contribution in [0.4, 0.5) is 0 Å². The first-order valence-corrected chi connectivity index (χ1v) is 24.4. The number of aliphatic hydroxyl groups excluding tert-OH is 2.